The molecule has 20 heteroatoms. The number of aliphatic hydroxyl groups is 2. The first-order valence-electron chi connectivity index (χ1n) is 19.9. The molecular formula is C35H64ClN5O11P2S. The number of thioether (sulfide) groups is 1. The molecule has 318 valence electrons. The minimum absolute atomic E-state index is 0.00267. The van der Waals surface area contributed by atoms with Gasteiger partial charge in [-0.15, -0.1) is 4.67 Å². The highest BCUT2D eigenvalue weighted by molar-refractivity contribution is 7.99. The number of ether oxygens (including phenoxy) is 1. The summed E-state index contributed by atoms with van der Waals surface area (Å²) < 4.78 is 54.4. The first-order valence-corrected chi connectivity index (χ1v) is 24.3. The van der Waals surface area contributed by atoms with Crippen molar-refractivity contribution < 1.29 is 51.9 Å². The Morgan fingerprint density at radius 2 is 1.53 bits per heavy atom. The van der Waals surface area contributed by atoms with Gasteiger partial charge in [-0.25, -0.2) is 19.0 Å². The van der Waals surface area contributed by atoms with E-state index in [-0.39, 0.29) is 34.1 Å². The Balaban J connectivity index is 1.54. The number of aliphatic hydroxyl groups excluding tert-OH is 2. The van der Waals surface area contributed by atoms with Crippen molar-refractivity contribution in [2.45, 2.75) is 173 Å². The molecule has 0 radical (unpaired) electrons. The van der Waals surface area contributed by atoms with Gasteiger partial charge in [0.15, 0.2) is 17.7 Å². The molecule has 8 atom stereocenters. The van der Waals surface area contributed by atoms with Gasteiger partial charge in [0.25, 0.3) is 0 Å². The lowest BCUT2D eigenvalue weighted by atomic mass is 10.1. The molecule has 3 rings (SSSR count). The quantitative estimate of drug-likeness (QED) is 0.0183. The number of hydrogen-bond donors (Lipinski definition) is 4. The minimum atomic E-state index is -5.17. The number of nitrogens with zero attached hydrogens (tertiary/aromatic N) is 4. The van der Waals surface area contributed by atoms with Crippen LogP contribution >= 0.6 is 39.0 Å². The number of unbranched alkanes of at least 4 members (excludes halogenated alkanes) is 13. The van der Waals surface area contributed by atoms with Crippen LogP contribution in [0.1, 0.15) is 143 Å². The topological polar surface area (TPSA) is 220 Å². The molecule has 0 bridgehead atoms. The van der Waals surface area contributed by atoms with Gasteiger partial charge in [-0.3, -0.25) is 13.6 Å². The molecule has 3 heterocycles. The standard InChI is InChI=1S/C35H64ClN5O11P2S/c1-5-8-10-12-13-14-15-16-18-20-23-55-28(21-19-17-11-9-6-2)26(4)50-51-53(44,45)52-54(46,47-22-7-3)48-24-27-30(42)31(43)34(49-27)41-25-38-29-32(37)39-35(36)40-33(29)41/h25-28,30-31,34,42-43H,5-24H2,1-4H3,(H,44,45)(H2,37,39,40)/t26?,27-,28?,30-,31-,34-,54?/m1/s1. The molecule has 1 fully saturated rings. The molecule has 4 unspecified atom stereocenters. The fraction of sp³-hybridized carbons (Fsp3) is 0.857. The smallest absolute Gasteiger partial charge is 0.387 e. The number of rotatable bonds is 31. The molecule has 1 aliphatic heterocycles. The number of hydrogen-bond acceptors (Lipinski definition) is 15. The normalized spacial score (nSPS) is 22.2. The van der Waals surface area contributed by atoms with Crippen LogP contribution in [0.15, 0.2) is 6.33 Å². The summed E-state index contributed by atoms with van der Waals surface area (Å²) in [5, 5.41) is 21.4. The predicted octanol–water partition coefficient (Wildman–Crippen LogP) is 9.07. The highest BCUT2D eigenvalue weighted by Crippen LogP contribution is 2.64. The maximum absolute atomic E-state index is 13.6. The third-order valence-electron chi connectivity index (χ3n) is 9.32. The van der Waals surface area contributed by atoms with Crippen molar-refractivity contribution in [1.29, 1.82) is 0 Å². The number of fused-ring (bicyclic) bond motifs is 1. The number of imidazole rings is 1. The Labute approximate surface area is 335 Å². The van der Waals surface area contributed by atoms with Gasteiger partial charge in [-0.1, -0.05) is 111 Å². The van der Waals surface area contributed by atoms with E-state index in [0.29, 0.717) is 6.42 Å². The van der Waals surface area contributed by atoms with E-state index in [1.54, 1.807) is 25.6 Å². The second kappa shape index (κ2) is 25.5. The van der Waals surface area contributed by atoms with E-state index in [9.17, 15) is 24.2 Å². The van der Waals surface area contributed by atoms with Crippen molar-refractivity contribution in [3.8, 4) is 0 Å². The van der Waals surface area contributed by atoms with Gasteiger partial charge in [0.05, 0.1) is 19.5 Å². The Morgan fingerprint density at radius 1 is 0.909 bits per heavy atom. The summed E-state index contributed by atoms with van der Waals surface area (Å²) in [6, 6.07) is 0. The first kappa shape index (κ1) is 48.5. The first-order chi connectivity index (χ1) is 26.3. The molecular weight excluding hydrogens is 796 g/mol. The van der Waals surface area contributed by atoms with E-state index in [2.05, 4.69) is 28.8 Å². The largest absolute Gasteiger partial charge is 0.508 e. The summed E-state index contributed by atoms with van der Waals surface area (Å²) in [6.45, 7) is 7.07. The zero-order valence-corrected chi connectivity index (χ0v) is 36.2. The van der Waals surface area contributed by atoms with Crippen molar-refractivity contribution in [3.05, 3.63) is 11.6 Å². The third-order valence-corrected chi connectivity index (χ3v) is 13.9. The Hall–Kier alpha value is -0.910. The lowest BCUT2D eigenvalue weighted by Crippen LogP contribution is -2.33. The van der Waals surface area contributed by atoms with Crippen LogP contribution < -0.4 is 5.73 Å². The summed E-state index contributed by atoms with van der Waals surface area (Å²) in [5.41, 5.74) is 6.21. The van der Waals surface area contributed by atoms with E-state index in [1.165, 1.54) is 68.7 Å². The Kier molecular flexibility index (Phi) is 22.5. The summed E-state index contributed by atoms with van der Waals surface area (Å²) in [4.78, 5) is 28.1. The van der Waals surface area contributed by atoms with Crippen LogP contribution in [0.5, 0.6) is 0 Å². The zero-order valence-electron chi connectivity index (χ0n) is 32.8. The molecule has 0 saturated carbocycles. The second-order valence-corrected chi connectivity index (χ2v) is 18.9. The molecule has 0 aliphatic carbocycles. The summed E-state index contributed by atoms with van der Waals surface area (Å²) in [7, 11) is -9.98. The van der Waals surface area contributed by atoms with Gasteiger partial charge in [0.1, 0.15) is 29.9 Å². The molecule has 0 amide bonds. The van der Waals surface area contributed by atoms with E-state index in [1.807, 2.05) is 0 Å². The fourth-order valence-corrected chi connectivity index (χ4v) is 10.2. The summed E-state index contributed by atoms with van der Waals surface area (Å²) in [6.07, 6.45) is 14.4. The Morgan fingerprint density at radius 3 is 2.16 bits per heavy atom. The van der Waals surface area contributed by atoms with Gasteiger partial charge < -0.3 is 25.6 Å². The lowest BCUT2D eigenvalue weighted by molar-refractivity contribution is -0.252. The van der Waals surface area contributed by atoms with Crippen LogP contribution in [-0.2, 0) is 36.8 Å². The van der Waals surface area contributed by atoms with Crippen LogP contribution in [0.4, 0.5) is 5.82 Å². The van der Waals surface area contributed by atoms with Crippen LogP contribution in [0.3, 0.4) is 0 Å². The van der Waals surface area contributed by atoms with E-state index >= 15 is 0 Å². The van der Waals surface area contributed by atoms with Crippen LogP contribution in [0.2, 0.25) is 5.28 Å². The van der Waals surface area contributed by atoms with Gasteiger partial charge in [-0.05, 0) is 43.5 Å². The number of phosphoric acid groups is 2. The van der Waals surface area contributed by atoms with E-state index in [4.69, 9.17) is 45.0 Å². The summed E-state index contributed by atoms with van der Waals surface area (Å²) >= 11 is 7.72. The van der Waals surface area contributed by atoms with Gasteiger partial charge >= 0.3 is 15.6 Å². The second-order valence-electron chi connectivity index (χ2n) is 14.0. The summed E-state index contributed by atoms with van der Waals surface area (Å²) in [5.74, 6) is 0.935. The van der Waals surface area contributed by atoms with Gasteiger partial charge in [0.2, 0.25) is 5.28 Å². The maximum Gasteiger partial charge on any atom is 0.508 e. The zero-order chi connectivity index (χ0) is 40.3. The number of phosphoric ester groups is 1. The molecule has 0 aromatic carbocycles. The van der Waals surface area contributed by atoms with E-state index in [0.717, 1.165) is 50.7 Å². The highest BCUT2D eigenvalue weighted by atomic mass is 35.5. The van der Waals surface area contributed by atoms with Crippen molar-refractivity contribution in [1.82, 2.24) is 19.5 Å². The molecule has 5 N–H and O–H groups in total. The van der Waals surface area contributed by atoms with Crippen molar-refractivity contribution in [2.24, 2.45) is 0 Å². The minimum Gasteiger partial charge on any atom is -0.387 e. The number of nitrogens with two attached hydrogens (primary N) is 1. The molecule has 2 aromatic heterocycles. The maximum atomic E-state index is 13.6. The molecule has 55 heavy (non-hydrogen) atoms. The van der Waals surface area contributed by atoms with E-state index < -0.39 is 52.9 Å². The number of anilines is 1. The molecule has 16 nitrogen and oxygen atoms in total. The van der Waals surface area contributed by atoms with Crippen LogP contribution in [-0.4, -0.2) is 83.3 Å². The average molecular weight is 860 g/mol. The van der Waals surface area contributed by atoms with Crippen LogP contribution in [0.25, 0.3) is 11.2 Å². The van der Waals surface area contributed by atoms with Crippen molar-refractivity contribution in [2.75, 3.05) is 24.7 Å². The Bertz CT molecular complexity index is 1480. The van der Waals surface area contributed by atoms with Crippen LogP contribution in [0, 0.1) is 0 Å². The SMILES string of the molecule is CCCCCCCCCCCCSC(CCCCCCC)C(C)OOP(=O)(O)OP(=O)(OCCC)OC[C@H]1O[C@@H](n2cnc3c(N)nc(Cl)nc32)[C@H](O)[C@@H]1O. The van der Waals surface area contributed by atoms with Gasteiger partial charge in [-0.2, -0.15) is 26.0 Å². The predicted molar refractivity (Wildman–Crippen MR) is 214 cm³/mol. The number of aromatic nitrogens is 4. The van der Waals surface area contributed by atoms with Crippen molar-refractivity contribution in [3.63, 3.8) is 0 Å². The molecule has 0 spiro atoms. The monoisotopic (exact) mass is 859 g/mol. The number of halogens is 1. The van der Waals surface area contributed by atoms with Gasteiger partial charge in [0, 0.05) is 5.25 Å². The highest BCUT2D eigenvalue weighted by Gasteiger charge is 2.47. The molecule has 1 aliphatic rings. The van der Waals surface area contributed by atoms with Crippen molar-refractivity contribution >= 4 is 56.0 Å². The average Bonchev–Trinajstić information content (AvgIpc) is 3.69. The fourth-order valence-electron chi connectivity index (χ4n) is 6.20. The lowest BCUT2D eigenvalue weighted by Gasteiger charge is -2.25. The third kappa shape index (κ3) is 16.7. The molecule has 2 aromatic rings. The molecule has 1 saturated heterocycles. The number of nitrogen functional groups attached to an aromatic ring is 1.